The highest BCUT2D eigenvalue weighted by Gasteiger charge is 2.34. The van der Waals surface area contributed by atoms with E-state index in [9.17, 15) is 9.46 Å². The minimum absolute atomic E-state index is 0.601. The molecule has 0 aromatic rings. The van der Waals surface area contributed by atoms with Gasteiger partial charge in [-0.15, -0.1) is 0 Å². The molecule has 0 atom stereocenters. The van der Waals surface area contributed by atoms with Crippen LogP contribution in [0.2, 0.25) is 0 Å². The fourth-order valence-electron chi connectivity index (χ4n) is 3.45. The third-order valence-corrected chi connectivity index (χ3v) is 11.3. The summed E-state index contributed by atoms with van der Waals surface area (Å²) >= 11 is 0. The van der Waals surface area contributed by atoms with Crippen LogP contribution in [0.15, 0.2) is 0 Å². The molecule has 0 aromatic carbocycles. The molecule has 0 aromatic heterocycles. The van der Waals surface area contributed by atoms with Crippen LogP contribution < -0.4 is 4.89 Å². The second-order valence-corrected chi connectivity index (χ2v) is 14.0. The number of unbranched alkanes of at least 4 members (excludes halogenated alkanes) is 8. The zero-order chi connectivity index (χ0) is 21.7. The van der Waals surface area contributed by atoms with Gasteiger partial charge in [-0.2, -0.15) is 0 Å². The van der Waals surface area contributed by atoms with Crippen LogP contribution in [0.3, 0.4) is 0 Å². The van der Waals surface area contributed by atoms with Gasteiger partial charge in [0.05, 0.1) is 24.6 Å². The van der Waals surface area contributed by atoms with Crippen molar-refractivity contribution in [1.82, 2.24) is 0 Å². The van der Waals surface area contributed by atoms with Gasteiger partial charge in [0.25, 0.3) is 7.82 Å². The van der Waals surface area contributed by atoms with Gasteiger partial charge >= 0.3 is 0 Å². The summed E-state index contributed by atoms with van der Waals surface area (Å²) in [6.07, 6.45) is 24.0. The molecule has 0 saturated heterocycles. The summed E-state index contributed by atoms with van der Waals surface area (Å²) in [5, 5.41) is 0. The van der Waals surface area contributed by atoms with E-state index in [1.807, 2.05) is 0 Å². The number of phosphoric acid groups is 1. The first-order valence-electron chi connectivity index (χ1n) is 11.6. The quantitative estimate of drug-likeness (QED) is 0.163. The molecule has 6 heteroatoms. The van der Waals surface area contributed by atoms with Crippen molar-refractivity contribution in [2.24, 2.45) is 0 Å². The first kappa shape index (κ1) is 30.7. The highest BCUT2D eigenvalue weighted by atomic mass is 31.2. The second kappa shape index (κ2) is 20.8. The van der Waals surface area contributed by atoms with E-state index in [1.54, 1.807) is 24.6 Å². The van der Waals surface area contributed by atoms with Gasteiger partial charge < -0.3 is 13.9 Å². The monoisotopic (exact) mass is 440 g/mol. The van der Waals surface area contributed by atoms with Crippen molar-refractivity contribution < 1.29 is 18.5 Å². The minimum Gasteiger partial charge on any atom is -0.756 e. The van der Waals surface area contributed by atoms with Gasteiger partial charge in [0.15, 0.2) is 0 Å². The van der Waals surface area contributed by atoms with E-state index in [2.05, 4.69) is 36.7 Å². The van der Waals surface area contributed by atoms with E-state index in [1.165, 1.54) is 77.0 Å². The van der Waals surface area contributed by atoms with Crippen LogP contribution in [-0.4, -0.2) is 38.9 Å². The van der Waals surface area contributed by atoms with Crippen LogP contribution >= 0.6 is 15.1 Å². The molecule has 0 heterocycles. The van der Waals surface area contributed by atoms with Crippen LogP contribution in [0.25, 0.3) is 0 Å². The van der Waals surface area contributed by atoms with E-state index < -0.39 is 15.1 Å². The smallest absolute Gasteiger partial charge is 0.267 e. The van der Waals surface area contributed by atoms with Gasteiger partial charge in [-0.25, -0.2) is 0 Å². The molecule has 4 nitrogen and oxygen atoms in total. The molecular formula is C22H50O4P2. The molecule has 0 spiro atoms. The van der Waals surface area contributed by atoms with Crippen LogP contribution in [0, 0.1) is 0 Å². The Balaban J connectivity index is 0. The molecular weight excluding hydrogens is 390 g/mol. The van der Waals surface area contributed by atoms with Crippen molar-refractivity contribution >= 4 is 15.1 Å². The fourth-order valence-corrected chi connectivity index (χ4v) is 8.80. The molecule has 0 fully saturated rings. The third kappa shape index (κ3) is 18.6. The maximum absolute atomic E-state index is 9.95. The number of phosphoric ester groups is 1. The average molecular weight is 441 g/mol. The van der Waals surface area contributed by atoms with Gasteiger partial charge in [-0.3, -0.25) is 4.57 Å². The third-order valence-electron chi connectivity index (χ3n) is 5.39. The minimum atomic E-state index is -3.90. The summed E-state index contributed by atoms with van der Waals surface area (Å²) in [5.41, 5.74) is 0. The first-order valence-corrected chi connectivity index (χ1v) is 15.6. The van der Waals surface area contributed by atoms with Crippen molar-refractivity contribution in [3.63, 3.8) is 0 Å². The standard InChI is InChI=1S/C20H44P.C2H7O4P/c1-5-9-13-14-15-16-20-21(17-10-6-2,18-11-7-3)19-12-8-4;1-5-7(3,4)6-2/h5-20H2,1-4H3;1-2H3,(H,3,4)/q+1;/p-1. The Morgan fingerprint density at radius 2 is 0.929 bits per heavy atom. The van der Waals surface area contributed by atoms with E-state index in [0.29, 0.717) is 0 Å². The first-order chi connectivity index (χ1) is 13.4. The van der Waals surface area contributed by atoms with Gasteiger partial charge in [-0.1, -0.05) is 72.6 Å². The predicted molar refractivity (Wildman–Crippen MR) is 126 cm³/mol. The van der Waals surface area contributed by atoms with Gasteiger partial charge in [0.2, 0.25) is 0 Å². The zero-order valence-corrected chi connectivity index (χ0v) is 21.6. The maximum Gasteiger partial charge on any atom is 0.267 e. The summed E-state index contributed by atoms with van der Waals surface area (Å²) in [5.74, 6) is 0. The molecule has 0 bridgehead atoms. The Morgan fingerprint density at radius 1 is 0.607 bits per heavy atom. The van der Waals surface area contributed by atoms with E-state index in [0.717, 1.165) is 14.2 Å². The van der Waals surface area contributed by atoms with Crippen molar-refractivity contribution in [2.45, 2.75) is 105 Å². The lowest BCUT2D eigenvalue weighted by molar-refractivity contribution is -0.220. The topological polar surface area (TPSA) is 58.6 Å². The molecule has 0 saturated carbocycles. The van der Waals surface area contributed by atoms with Crippen molar-refractivity contribution in [3.05, 3.63) is 0 Å². The Labute approximate surface area is 177 Å². The van der Waals surface area contributed by atoms with Crippen LogP contribution in [0.1, 0.15) is 105 Å². The summed E-state index contributed by atoms with van der Waals surface area (Å²) in [6.45, 7) is 9.44. The van der Waals surface area contributed by atoms with Crippen LogP contribution in [-0.2, 0) is 13.6 Å². The van der Waals surface area contributed by atoms with Crippen LogP contribution in [0.5, 0.6) is 0 Å². The van der Waals surface area contributed by atoms with Gasteiger partial charge in [-0.05, 0) is 32.1 Å². The van der Waals surface area contributed by atoms with E-state index in [-0.39, 0.29) is 0 Å². The molecule has 0 amide bonds. The summed E-state index contributed by atoms with van der Waals surface area (Å²) < 4.78 is 17.7. The lowest BCUT2D eigenvalue weighted by atomic mass is 10.1. The molecule has 172 valence electrons. The molecule has 0 N–H and O–H groups in total. The van der Waals surface area contributed by atoms with E-state index in [4.69, 9.17) is 0 Å². The van der Waals surface area contributed by atoms with Gasteiger partial charge in [0.1, 0.15) is 0 Å². The Bertz CT molecular complexity index is 335. The highest BCUT2D eigenvalue weighted by Crippen LogP contribution is 2.61. The number of rotatable bonds is 18. The molecule has 0 unspecified atom stereocenters. The molecule has 0 radical (unpaired) electrons. The number of hydrogen-bond donors (Lipinski definition) is 0. The molecule has 28 heavy (non-hydrogen) atoms. The largest absolute Gasteiger partial charge is 0.756 e. The molecule has 0 aliphatic carbocycles. The number of hydrogen-bond acceptors (Lipinski definition) is 4. The average Bonchev–Trinajstić information content (AvgIpc) is 2.71. The van der Waals surface area contributed by atoms with Crippen molar-refractivity contribution in [2.75, 3.05) is 38.9 Å². The molecule has 0 aliphatic heterocycles. The predicted octanol–water partition coefficient (Wildman–Crippen LogP) is 7.51. The lowest BCUT2D eigenvalue weighted by Crippen LogP contribution is -2.13. The zero-order valence-electron chi connectivity index (χ0n) is 19.8. The Hall–Kier alpha value is 0.540. The van der Waals surface area contributed by atoms with Crippen molar-refractivity contribution in [1.29, 1.82) is 0 Å². The van der Waals surface area contributed by atoms with Crippen LogP contribution in [0.4, 0.5) is 0 Å². The maximum atomic E-state index is 9.95. The molecule has 0 aliphatic rings. The van der Waals surface area contributed by atoms with E-state index >= 15 is 0 Å². The Kier molecular flexibility index (Phi) is 22.8. The second-order valence-electron chi connectivity index (χ2n) is 7.88. The summed E-state index contributed by atoms with van der Waals surface area (Å²) in [6, 6.07) is 0. The lowest BCUT2D eigenvalue weighted by Gasteiger charge is -2.28. The fraction of sp³-hybridized carbons (Fsp3) is 1.00. The van der Waals surface area contributed by atoms with Crippen molar-refractivity contribution in [3.8, 4) is 0 Å². The summed E-state index contributed by atoms with van der Waals surface area (Å²) in [4.78, 5) is 9.95. The SMILES string of the molecule is CCCCCCCC[P+](CCCC)(CCCC)CCCC.COP(=O)([O-])OC. The molecule has 0 rings (SSSR count). The van der Waals surface area contributed by atoms with Gasteiger partial charge in [0, 0.05) is 21.5 Å². The normalized spacial score (nSPS) is 12.0. The highest BCUT2D eigenvalue weighted by molar-refractivity contribution is 7.75. The Morgan fingerprint density at radius 3 is 1.25 bits per heavy atom. The summed E-state index contributed by atoms with van der Waals surface area (Å²) in [7, 11) is -2.43.